The molecule has 1 aromatic rings. The van der Waals surface area contributed by atoms with E-state index in [1.807, 2.05) is 41.0 Å². The number of nitrogens with two attached hydrogens (primary N) is 1. The number of aliphatic carboxylic acids is 1. The number of esters is 1. The number of nitrogens with one attached hydrogen (secondary N) is 4. The Labute approximate surface area is 219 Å². The average molecular weight is 535 g/mol. The Morgan fingerprint density at radius 3 is 2.45 bits per heavy atom. The van der Waals surface area contributed by atoms with Crippen LogP contribution in [-0.4, -0.2) is 83.3 Å². The molecule has 38 heavy (non-hydrogen) atoms. The number of amides is 6. The summed E-state index contributed by atoms with van der Waals surface area (Å²) in [6.45, 7) is 4.09. The van der Waals surface area contributed by atoms with Crippen LogP contribution >= 0.6 is 0 Å². The van der Waals surface area contributed by atoms with Crippen LogP contribution in [0.2, 0.25) is 0 Å². The number of carboxylic acid groups (broad SMARTS) is 1. The van der Waals surface area contributed by atoms with Crippen molar-refractivity contribution in [3.63, 3.8) is 0 Å². The number of urea groups is 2. The van der Waals surface area contributed by atoms with Crippen molar-refractivity contribution in [2.45, 2.75) is 63.8 Å². The Kier molecular flexibility index (Phi) is 11.5. The van der Waals surface area contributed by atoms with Gasteiger partial charge in [-0.2, -0.15) is 0 Å². The molecule has 4 atom stereocenters. The smallest absolute Gasteiger partial charge is 0.326 e. The Bertz CT molecular complexity index is 1020. The topological polar surface area (TPSA) is 209 Å². The fourth-order valence-corrected chi connectivity index (χ4v) is 4.04. The largest absolute Gasteiger partial charge is 0.480 e. The zero-order valence-corrected chi connectivity index (χ0v) is 21.3. The molecule has 3 rings (SSSR count). The number of ether oxygens (including phenoxy) is 1. The molecule has 0 aromatic heterocycles. The van der Waals surface area contributed by atoms with Crippen molar-refractivity contribution in [3.05, 3.63) is 35.9 Å². The van der Waals surface area contributed by atoms with E-state index in [0.717, 1.165) is 5.56 Å². The fraction of sp³-hybridized carbons (Fsp3) is 0.500. The maximum atomic E-state index is 12.7. The third-order valence-corrected chi connectivity index (χ3v) is 5.84. The lowest BCUT2D eigenvalue weighted by molar-refractivity contribution is -0.150. The number of hydrogen-bond acceptors (Lipinski definition) is 8. The molecule has 2 fully saturated rings. The highest BCUT2D eigenvalue weighted by atomic mass is 16.5. The van der Waals surface area contributed by atoms with E-state index in [1.54, 1.807) is 13.8 Å². The Morgan fingerprint density at radius 2 is 1.89 bits per heavy atom. The normalized spacial score (nSPS) is 19.8. The van der Waals surface area contributed by atoms with E-state index in [4.69, 9.17) is 10.5 Å². The van der Waals surface area contributed by atoms with Crippen LogP contribution in [0.4, 0.5) is 9.59 Å². The number of likely N-dealkylation sites (tertiary alicyclic amines) is 1. The summed E-state index contributed by atoms with van der Waals surface area (Å²) >= 11 is 0. The summed E-state index contributed by atoms with van der Waals surface area (Å²) in [6, 6.07) is 6.18. The number of benzene rings is 1. The van der Waals surface area contributed by atoms with Crippen LogP contribution < -0.4 is 27.0 Å². The van der Waals surface area contributed by atoms with Crippen LogP contribution in [0.3, 0.4) is 0 Å². The molecule has 1 aromatic carbocycles. The van der Waals surface area contributed by atoms with Crippen molar-refractivity contribution in [2.24, 2.45) is 5.73 Å². The molecule has 2 aliphatic rings. The van der Waals surface area contributed by atoms with Crippen molar-refractivity contribution in [2.75, 3.05) is 13.2 Å². The SMILES string of the molecule is CCOC(=O)[C@H](CCc1ccccc1)N[C@@H](C)C(=O)N1CCC[C@H]1C(=O)O.NC(=O)NC1NC(=O)NC1=O. The number of rotatable bonds is 10. The summed E-state index contributed by atoms with van der Waals surface area (Å²) < 4.78 is 5.14. The van der Waals surface area contributed by atoms with E-state index in [-0.39, 0.29) is 12.5 Å². The van der Waals surface area contributed by atoms with Crippen LogP contribution in [-0.2, 0) is 30.3 Å². The molecular formula is C24H34N6O8. The molecule has 14 nitrogen and oxygen atoms in total. The van der Waals surface area contributed by atoms with Gasteiger partial charge < -0.3 is 31.1 Å². The van der Waals surface area contributed by atoms with Crippen LogP contribution in [0.25, 0.3) is 0 Å². The van der Waals surface area contributed by atoms with E-state index in [0.29, 0.717) is 32.2 Å². The number of carbonyl (C=O) groups excluding carboxylic acids is 5. The van der Waals surface area contributed by atoms with E-state index < -0.39 is 54.2 Å². The molecule has 6 amide bonds. The van der Waals surface area contributed by atoms with Gasteiger partial charge in [-0.15, -0.1) is 0 Å². The minimum absolute atomic E-state index is 0.262. The number of hydrogen-bond donors (Lipinski definition) is 6. The van der Waals surface area contributed by atoms with Gasteiger partial charge >= 0.3 is 24.0 Å². The van der Waals surface area contributed by atoms with Gasteiger partial charge in [0, 0.05) is 6.54 Å². The molecule has 0 aliphatic carbocycles. The second-order valence-electron chi connectivity index (χ2n) is 8.65. The number of nitrogens with zero attached hydrogens (tertiary/aromatic N) is 1. The maximum absolute atomic E-state index is 12.7. The molecule has 2 saturated heterocycles. The first-order valence-corrected chi connectivity index (χ1v) is 12.2. The Hall–Kier alpha value is -4.20. The van der Waals surface area contributed by atoms with Crippen molar-refractivity contribution in [3.8, 4) is 0 Å². The molecule has 2 heterocycles. The van der Waals surface area contributed by atoms with Gasteiger partial charge in [0.05, 0.1) is 12.6 Å². The molecule has 1 unspecified atom stereocenters. The lowest BCUT2D eigenvalue weighted by Crippen LogP contribution is -2.53. The molecule has 208 valence electrons. The first-order chi connectivity index (χ1) is 18.0. The van der Waals surface area contributed by atoms with Crippen LogP contribution in [0.5, 0.6) is 0 Å². The number of carboxylic acids is 1. The van der Waals surface area contributed by atoms with Gasteiger partial charge in [0.2, 0.25) is 5.91 Å². The predicted octanol–water partition coefficient (Wildman–Crippen LogP) is -0.575. The second-order valence-corrected chi connectivity index (χ2v) is 8.65. The first kappa shape index (κ1) is 30.0. The van der Waals surface area contributed by atoms with Gasteiger partial charge in [0.15, 0.2) is 6.17 Å². The number of carbonyl (C=O) groups is 6. The Balaban J connectivity index is 0.000000384. The quantitative estimate of drug-likeness (QED) is 0.167. The summed E-state index contributed by atoms with van der Waals surface area (Å²) in [5, 5.41) is 18.4. The lowest BCUT2D eigenvalue weighted by atomic mass is 10.0. The van der Waals surface area contributed by atoms with Crippen molar-refractivity contribution in [1.82, 2.24) is 26.2 Å². The molecule has 0 saturated carbocycles. The average Bonchev–Trinajstić information content (AvgIpc) is 3.48. The molecule has 0 bridgehead atoms. The van der Waals surface area contributed by atoms with Crippen molar-refractivity contribution < 1.29 is 38.6 Å². The number of primary amides is 1. The molecular weight excluding hydrogens is 500 g/mol. The van der Waals surface area contributed by atoms with E-state index in [9.17, 15) is 33.9 Å². The van der Waals surface area contributed by atoms with Crippen molar-refractivity contribution >= 4 is 35.8 Å². The molecule has 2 aliphatic heterocycles. The summed E-state index contributed by atoms with van der Waals surface area (Å²) in [6.07, 6.45) is 1.25. The molecule has 0 spiro atoms. The number of aryl methyl sites for hydroxylation is 1. The highest BCUT2D eigenvalue weighted by molar-refractivity contribution is 6.05. The molecule has 14 heteroatoms. The van der Waals surface area contributed by atoms with E-state index in [1.165, 1.54) is 4.90 Å². The zero-order chi connectivity index (χ0) is 28.2. The molecule has 7 N–H and O–H groups in total. The van der Waals surface area contributed by atoms with E-state index >= 15 is 0 Å². The third-order valence-electron chi connectivity index (χ3n) is 5.84. The summed E-state index contributed by atoms with van der Waals surface area (Å²) in [7, 11) is 0. The summed E-state index contributed by atoms with van der Waals surface area (Å²) in [4.78, 5) is 69.0. The highest BCUT2D eigenvalue weighted by Gasteiger charge is 2.37. The van der Waals surface area contributed by atoms with Crippen LogP contribution in [0, 0.1) is 0 Å². The number of imide groups is 1. The minimum atomic E-state index is -1.04. The predicted molar refractivity (Wildman–Crippen MR) is 133 cm³/mol. The summed E-state index contributed by atoms with van der Waals surface area (Å²) in [5.41, 5.74) is 5.79. The van der Waals surface area contributed by atoms with Gasteiger partial charge in [-0.3, -0.25) is 25.0 Å². The van der Waals surface area contributed by atoms with Crippen LogP contribution in [0.15, 0.2) is 30.3 Å². The lowest BCUT2D eigenvalue weighted by Gasteiger charge is -2.27. The molecule has 0 radical (unpaired) electrons. The van der Waals surface area contributed by atoms with Gasteiger partial charge in [-0.1, -0.05) is 30.3 Å². The van der Waals surface area contributed by atoms with Crippen molar-refractivity contribution in [1.29, 1.82) is 0 Å². The maximum Gasteiger partial charge on any atom is 0.326 e. The standard InChI is InChI=1S/C20H28N2O5.C4H6N4O3/c1-3-27-20(26)16(12-11-15-8-5-4-6-9-15)21-14(2)18(23)22-13-7-10-17(22)19(24)25;5-3(10)6-1-2(9)8-4(11)7-1/h4-6,8-9,14,16-17,21H,3,7,10-13H2,1-2H3,(H,24,25);1H,(H3,5,6,10)(H2,7,8,9,11)/t14-,16-,17-;/m0./s1. The Morgan fingerprint density at radius 1 is 1.21 bits per heavy atom. The first-order valence-electron chi connectivity index (χ1n) is 12.2. The van der Waals surface area contributed by atoms with Gasteiger partial charge in [-0.25, -0.2) is 14.4 Å². The minimum Gasteiger partial charge on any atom is -0.480 e. The fourth-order valence-electron chi connectivity index (χ4n) is 4.04. The summed E-state index contributed by atoms with van der Waals surface area (Å²) in [5.74, 6) is -2.30. The van der Waals surface area contributed by atoms with Gasteiger partial charge in [0.1, 0.15) is 12.1 Å². The monoisotopic (exact) mass is 534 g/mol. The van der Waals surface area contributed by atoms with Gasteiger partial charge in [0.25, 0.3) is 5.91 Å². The second kappa shape index (κ2) is 14.5. The zero-order valence-electron chi connectivity index (χ0n) is 21.3. The highest BCUT2D eigenvalue weighted by Crippen LogP contribution is 2.19. The van der Waals surface area contributed by atoms with Gasteiger partial charge in [-0.05, 0) is 45.1 Å². The van der Waals surface area contributed by atoms with E-state index in [2.05, 4.69) is 10.6 Å². The van der Waals surface area contributed by atoms with Crippen LogP contribution in [0.1, 0.15) is 38.7 Å². The third kappa shape index (κ3) is 9.03.